The van der Waals surface area contributed by atoms with Crippen molar-refractivity contribution in [3.8, 4) is 0 Å². The second-order valence-electron chi connectivity index (χ2n) is 3.13. The highest BCUT2D eigenvalue weighted by atomic mass is 35.5. The van der Waals surface area contributed by atoms with Crippen molar-refractivity contribution in [2.45, 2.75) is 10.8 Å². The minimum absolute atomic E-state index is 0. The summed E-state index contributed by atoms with van der Waals surface area (Å²) in [5.41, 5.74) is 1.48. The lowest BCUT2D eigenvalue weighted by atomic mass is 9.94. The van der Waals surface area contributed by atoms with E-state index in [1.54, 1.807) is 11.8 Å². The van der Waals surface area contributed by atoms with Crippen molar-refractivity contribution in [2.24, 2.45) is 0 Å². The number of benzene rings is 1. The van der Waals surface area contributed by atoms with Crippen LogP contribution in [-0.2, 0) is 0 Å². The van der Waals surface area contributed by atoms with E-state index in [0.29, 0.717) is 0 Å². The Labute approximate surface area is 89.7 Å². The van der Waals surface area contributed by atoms with E-state index in [9.17, 15) is 0 Å². The zero-order valence-electron chi connectivity index (χ0n) is 7.62. The van der Waals surface area contributed by atoms with Crippen molar-refractivity contribution in [3.05, 3.63) is 29.8 Å². The van der Waals surface area contributed by atoms with E-state index in [0.717, 1.165) is 19.0 Å². The Morgan fingerprint density at radius 2 is 1.85 bits per heavy atom. The minimum atomic E-state index is 0. The largest absolute Gasteiger partial charge is 0.315 e. The van der Waals surface area contributed by atoms with E-state index >= 15 is 0 Å². The third kappa shape index (κ3) is 2.39. The first-order chi connectivity index (χ1) is 5.90. The molecule has 0 atom stereocenters. The van der Waals surface area contributed by atoms with Gasteiger partial charge < -0.3 is 5.32 Å². The molecule has 1 aromatic rings. The minimum Gasteiger partial charge on any atom is -0.315 e. The molecule has 0 aromatic heterocycles. The Kier molecular flexibility index (Phi) is 4.10. The van der Waals surface area contributed by atoms with E-state index in [4.69, 9.17) is 0 Å². The van der Waals surface area contributed by atoms with Crippen molar-refractivity contribution >= 4 is 24.2 Å². The molecular weight excluding hydrogens is 202 g/mol. The van der Waals surface area contributed by atoms with E-state index in [1.165, 1.54) is 10.5 Å². The monoisotopic (exact) mass is 215 g/mol. The Hall–Kier alpha value is -0.180. The van der Waals surface area contributed by atoms with Crippen LogP contribution in [0.25, 0.3) is 0 Å². The third-order valence-corrected chi connectivity index (χ3v) is 3.11. The molecular formula is C10H14ClNS. The molecule has 72 valence electrons. The van der Waals surface area contributed by atoms with Gasteiger partial charge in [-0.25, -0.2) is 0 Å². The summed E-state index contributed by atoms with van der Waals surface area (Å²) >= 11 is 1.80. The lowest BCUT2D eigenvalue weighted by Crippen LogP contribution is -2.39. The molecule has 0 amide bonds. The first kappa shape index (κ1) is 10.9. The average Bonchev–Trinajstić information content (AvgIpc) is 2.03. The van der Waals surface area contributed by atoms with Crippen LogP contribution < -0.4 is 5.32 Å². The van der Waals surface area contributed by atoms with Crippen LogP contribution >= 0.6 is 24.2 Å². The first-order valence-electron chi connectivity index (χ1n) is 4.25. The average molecular weight is 216 g/mol. The van der Waals surface area contributed by atoms with E-state index in [-0.39, 0.29) is 12.4 Å². The van der Waals surface area contributed by atoms with Crippen molar-refractivity contribution < 1.29 is 0 Å². The maximum absolute atomic E-state index is 3.28. The first-order valence-corrected chi connectivity index (χ1v) is 5.47. The highest BCUT2D eigenvalue weighted by Gasteiger charge is 2.17. The summed E-state index contributed by atoms with van der Waals surface area (Å²) in [6.45, 7) is 2.30. The van der Waals surface area contributed by atoms with Crippen LogP contribution in [0.15, 0.2) is 29.2 Å². The van der Waals surface area contributed by atoms with Crippen LogP contribution in [0.4, 0.5) is 0 Å². The SMILES string of the molecule is CSc1ccc(C2CNC2)cc1.Cl. The van der Waals surface area contributed by atoms with Gasteiger partial charge in [0, 0.05) is 23.9 Å². The summed E-state index contributed by atoms with van der Waals surface area (Å²) in [6.07, 6.45) is 2.11. The van der Waals surface area contributed by atoms with Crippen molar-refractivity contribution in [2.75, 3.05) is 19.3 Å². The number of rotatable bonds is 2. The van der Waals surface area contributed by atoms with Gasteiger partial charge in [-0.15, -0.1) is 24.2 Å². The molecule has 0 bridgehead atoms. The molecule has 1 aliphatic heterocycles. The van der Waals surface area contributed by atoms with Gasteiger partial charge in [0.1, 0.15) is 0 Å². The summed E-state index contributed by atoms with van der Waals surface area (Å²) in [6, 6.07) is 8.91. The fourth-order valence-electron chi connectivity index (χ4n) is 1.40. The summed E-state index contributed by atoms with van der Waals surface area (Å²) < 4.78 is 0. The number of halogens is 1. The van der Waals surface area contributed by atoms with Crippen LogP contribution in [0, 0.1) is 0 Å². The molecule has 1 aromatic carbocycles. The molecule has 2 rings (SSSR count). The summed E-state index contributed by atoms with van der Waals surface area (Å²) in [5.74, 6) is 0.765. The van der Waals surface area contributed by atoms with Gasteiger partial charge in [-0.3, -0.25) is 0 Å². The van der Waals surface area contributed by atoms with Gasteiger partial charge in [0.05, 0.1) is 0 Å². The molecule has 0 unspecified atom stereocenters. The quantitative estimate of drug-likeness (QED) is 0.761. The fourth-order valence-corrected chi connectivity index (χ4v) is 1.81. The van der Waals surface area contributed by atoms with Crippen LogP contribution in [0.1, 0.15) is 11.5 Å². The second-order valence-corrected chi connectivity index (χ2v) is 4.01. The molecule has 0 aliphatic carbocycles. The summed E-state index contributed by atoms with van der Waals surface area (Å²) in [7, 11) is 0. The van der Waals surface area contributed by atoms with E-state index in [2.05, 4.69) is 35.8 Å². The maximum atomic E-state index is 3.28. The molecule has 1 aliphatic rings. The van der Waals surface area contributed by atoms with E-state index < -0.39 is 0 Å². The molecule has 3 heteroatoms. The number of nitrogens with one attached hydrogen (secondary N) is 1. The summed E-state index contributed by atoms with van der Waals surface area (Å²) in [4.78, 5) is 1.35. The zero-order chi connectivity index (χ0) is 8.39. The molecule has 0 radical (unpaired) electrons. The van der Waals surface area contributed by atoms with Gasteiger partial charge in [0.2, 0.25) is 0 Å². The Morgan fingerprint density at radius 3 is 2.23 bits per heavy atom. The zero-order valence-corrected chi connectivity index (χ0v) is 9.25. The maximum Gasteiger partial charge on any atom is 0.00885 e. The highest BCUT2D eigenvalue weighted by Crippen LogP contribution is 2.22. The molecule has 1 fully saturated rings. The van der Waals surface area contributed by atoms with Gasteiger partial charge in [-0.05, 0) is 24.0 Å². The van der Waals surface area contributed by atoms with Crippen molar-refractivity contribution in [3.63, 3.8) is 0 Å². The molecule has 1 nitrogen and oxygen atoms in total. The van der Waals surface area contributed by atoms with Crippen LogP contribution in [-0.4, -0.2) is 19.3 Å². The normalized spacial score (nSPS) is 16.1. The molecule has 0 spiro atoms. The Bertz CT molecular complexity index is 256. The number of thioether (sulfide) groups is 1. The van der Waals surface area contributed by atoms with Crippen molar-refractivity contribution in [1.29, 1.82) is 0 Å². The summed E-state index contributed by atoms with van der Waals surface area (Å²) in [5, 5.41) is 3.28. The number of hydrogen-bond acceptors (Lipinski definition) is 2. The molecule has 1 heterocycles. The highest BCUT2D eigenvalue weighted by molar-refractivity contribution is 7.98. The predicted molar refractivity (Wildman–Crippen MR) is 61.1 cm³/mol. The van der Waals surface area contributed by atoms with Gasteiger partial charge >= 0.3 is 0 Å². The lowest BCUT2D eigenvalue weighted by Gasteiger charge is -2.27. The second kappa shape index (κ2) is 4.89. The molecule has 13 heavy (non-hydrogen) atoms. The third-order valence-electron chi connectivity index (χ3n) is 2.37. The molecule has 1 N–H and O–H groups in total. The van der Waals surface area contributed by atoms with Crippen molar-refractivity contribution in [1.82, 2.24) is 5.32 Å². The van der Waals surface area contributed by atoms with E-state index in [1.807, 2.05) is 0 Å². The Morgan fingerprint density at radius 1 is 1.23 bits per heavy atom. The van der Waals surface area contributed by atoms with Gasteiger partial charge in [0.15, 0.2) is 0 Å². The Balaban J connectivity index is 0.000000845. The topological polar surface area (TPSA) is 12.0 Å². The van der Waals surface area contributed by atoms with Crippen LogP contribution in [0.3, 0.4) is 0 Å². The number of hydrogen-bond donors (Lipinski definition) is 1. The lowest BCUT2D eigenvalue weighted by molar-refractivity contribution is 0.448. The van der Waals surface area contributed by atoms with Gasteiger partial charge in [-0.2, -0.15) is 0 Å². The van der Waals surface area contributed by atoms with Gasteiger partial charge in [0.25, 0.3) is 0 Å². The van der Waals surface area contributed by atoms with Crippen LogP contribution in [0.5, 0.6) is 0 Å². The fraction of sp³-hybridized carbons (Fsp3) is 0.400. The molecule has 1 saturated heterocycles. The van der Waals surface area contributed by atoms with Crippen LogP contribution in [0.2, 0.25) is 0 Å². The predicted octanol–water partition coefficient (Wildman–Crippen LogP) is 2.52. The smallest absolute Gasteiger partial charge is 0.00885 e. The molecule has 0 saturated carbocycles. The standard InChI is InChI=1S/C10H13NS.ClH/c1-12-10-4-2-8(3-5-10)9-6-11-7-9;/h2-5,9,11H,6-7H2,1H3;1H. The van der Waals surface area contributed by atoms with Gasteiger partial charge in [-0.1, -0.05) is 12.1 Å².